The summed E-state index contributed by atoms with van der Waals surface area (Å²) in [6, 6.07) is 0.676. The van der Waals surface area contributed by atoms with Gasteiger partial charge in [0.15, 0.2) is 5.96 Å². The van der Waals surface area contributed by atoms with Crippen LogP contribution in [-0.4, -0.2) is 29.0 Å². The number of rotatable bonds is 3. The molecule has 0 bridgehead atoms. The van der Waals surface area contributed by atoms with E-state index in [2.05, 4.69) is 16.8 Å². The van der Waals surface area contributed by atoms with Crippen molar-refractivity contribution in [3.8, 4) is 0 Å². The van der Waals surface area contributed by atoms with Crippen LogP contribution in [0, 0.1) is 5.92 Å². The Morgan fingerprint density at radius 1 is 1.31 bits per heavy atom. The van der Waals surface area contributed by atoms with Crippen LogP contribution in [-0.2, 0) is 0 Å². The lowest BCUT2D eigenvalue weighted by molar-refractivity contribution is 0.149. The summed E-state index contributed by atoms with van der Waals surface area (Å²) in [5, 5.41) is 0. The Labute approximate surface area is 98.1 Å². The van der Waals surface area contributed by atoms with Gasteiger partial charge in [0.25, 0.3) is 0 Å². The number of nitrogens with zero attached hydrogens (tertiary/aromatic N) is 2. The van der Waals surface area contributed by atoms with Crippen LogP contribution in [0.2, 0.25) is 0 Å². The van der Waals surface area contributed by atoms with Gasteiger partial charge in [-0.25, -0.2) is 0 Å². The van der Waals surface area contributed by atoms with Crippen LogP contribution >= 0.6 is 0 Å². The van der Waals surface area contributed by atoms with Gasteiger partial charge in [-0.3, -0.25) is 4.99 Å². The molecule has 3 aliphatic rings. The van der Waals surface area contributed by atoms with Crippen LogP contribution in [0.5, 0.6) is 0 Å². The van der Waals surface area contributed by atoms with Gasteiger partial charge < -0.3 is 10.6 Å². The smallest absolute Gasteiger partial charge is 0.192 e. The van der Waals surface area contributed by atoms with Gasteiger partial charge >= 0.3 is 0 Å². The second-order valence-corrected chi connectivity index (χ2v) is 6.13. The fraction of sp³-hybridized carbons (Fsp3) is 0.923. The lowest BCUT2D eigenvalue weighted by Gasteiger charge is -2.40. The predicted molar refractivity (Wildman–Crippen MR) is 66.3 cm³/mol. The second kappa shape index (κ2) is 3.64. The van der Waals surface area contributed by atoms with Crippen LogP contribution in [0.3, 0.4) is 0 Å². The van der Waals surface area contributed by atoms with Gasteiger partial charge in [-0.2, -0.15) is 0 Å². The van der Waals surface area contributed by atoms with Crippen LogP contribution in [0.4, 0.5) is 0 Å². The van der Waals surface area contributed by atoms with Crippen LogP contribution in [0.15, 0.2) is 4.99 Å². The SMILES string of the molecule is CC1(CC2CC2)CN=C(N)N1C1CCCC1. The molecular formula is C13H23N3. The third-order valence-electron chi connectivity index (χ3n) is 4.53. The highest BCUT2D eigenvalue weighted by molar-refractivity contribution is 5.81. The summed E-state index contributed by atoms with van der Waals surface area (Å²) in [6.45, 7) is 3.29. The summed E-state index contributed by atoms with van der Waals surface area (Å²) in [4.78, 5) is 6.99. The van der Waals surface area contributed by atoms with Gasteiger partial charge in [-0.15, -0.1) is 0 Å². The lowest BCUT2D eigenvalue weighted by atomic mass is 9.92. The number of hydrogen-bond acceptors (Lipinski definition) is 3. The zero-order valence-corrected chi connectivity index (χ0v) is 10.3. The van der Waals surface area contributed by atoms with Gasteiger partial charge in [0.05, 0.1) is 12.1 Å². The Balaban J connectivity index is 1.76. The van der Waals surface area contributed by atoms with Gasteiger partial charge in [-0.1, -0.05) is 25.7 Å². The maximum absolute atomic E-state index is 6.11. The summed E-state index contributed by atoms with van der Waals surface area (Å²) >= 11 is 0. The Morgan fingerprint density at radius 2 is 2.00 bits per heavy atom. The molecule has 2 N–H and O–H groups in total. The van der Waals surface area contributed by atoms with Crippen LogP contribution < -0.4 is 5.73 Å². The van der Waals surface area contributed by atoms with E-state index in [1.54, 1.807) is 0 Å². The quantitative estimate of drug-likeness (QED) is 0.793. The van der Waals surface area contributed by atoms with Crippen molar-refractivity contribution in [3.05, 3.63) is 0 Å². The molecule has 1 heterocycles. The van der Waals surface area contributed by atoms with Crippen molar-refractivity contribution >= 4 is 5.96 Å². The zero-order valence-electron chi connectivity index (χ0n) is 10.3. The maximum atomic E-state index is 6.11. The molecule has 0 aromatic rings. The van der Waals surface area contributed by atoms with E-state index >= 15 is 0 Å². The second-order valence-electron chi connectivity index (χ2n) is 6.13. The first-order valence-electron chi connectivity index (χ1n) is 6.78. The molecule has 1 unspecified atom stereocenters. The molecule has 3 rings (SSSR count). The molecule has 0 aromatic carbocycles. The summed E-state index contributed by atoms with van der Waals surface area (Å²) < 4.78 is 0. The molecule has 2 aliphatic carbocycles. The first-order chi connectivity index (χ1) is 7.69. The lowest BCUT2D eigenvalue weighted by Crippen LogP contribution is -2.54. The Kier molecular flexibility index (Phi) is 2.37. The highest BCUT2D eigenvalue weighted by atomic mass is 15.4. The van der Waals surface area contributed by atoms with Crippen molar-refractivity contribution in [2.45, 2.75) is 63.5 Å². The van der Waals surface area contributed by atoms with E-state index in [4.69, 9.17) is 5.73 Å². The van der Waals surface area contributed by atoms with Crippen molar-refractivity contribution in [2.75, 3.05) is 6.54 Å². The maximum Gasteiger partial charge on any atom is 0.192 e. The van der Waals surface area contributed by atoms with E-state index in [-0.39, 0.29) is 5.54 Å². The minimum Gasteiger partial charge on any atom is -0.370 e. The summed E-state index contributed by atoms with van der Waals surface area (Å²) in [6.07, 6.45) is 9.52. The molecule has 1 atom stereocenters. The molecule has 0 radical (unpaired) electrons. The van der Waals surface area contributed by atoms with E-state index in [1.165, 1.54) is 44.9 Å². The monoisotopic (exact) mass is 221 g/mol. The standard InChI is InChI=1S/C13H23N3/c1-13(8-10-6-7-10)9-15-12(14)16(13)11-4-2-3-5-11/h10-11H,2-9H2,1H3,(H2,14,15). The van der Waals surface area contributed by atoms with E-state index in [1.807, 2.05) is 0 Å². The fourth-order valence-corrected chi connectivity index (χ4v) is 3.58. The fourth-order valence-electron chi connectivity index (χ4n) is 3.58. The van der Waals surface area contributed by atoms with Crippen molar-refractivity contribution in [1.82, 2.24) is 4.90 Å². The number of nitrogens with two attached hydrogens (primary N) is 1. The number of hydrogen-bond donors (Lipinski definition) is 1. The molecular weight excluding hydrogens is 198 g/mol. The number of guanidine groups is 1. The normalized spacial score (nSPS) is 35.8. The molecule has 3 nitrogen and oxygen atoms in total. The summed E-state index contributed by atoms with van der Waals surface area (Å²) in [7, 11) is 0. The van der Waals surface area contributed by atoms with Gasteiger partial charge in [0, 0.05) is 6.04 Å². The third kappa shape index (κ3) is 1.70. The summed E-state index contributed by atoms with van der Waals surface area (Å²) in [5.41, 5.74) is 6.34. The first-order valence-corrected chi connectivity index (χ1v) is 6.78. The van der Waals surface area contributed by atoms with E-state index in [0.29, 0.717) is 6.04 Å². The molecule has 0 spiro atoms. The van der Waals surface area contributed by atoms with Gasteiger partial charge in [0.1, 0.15) is 0 Å². The highest BCUT2D eigenvalue weighted by Crippen LogP contribution is 2.42. The predicted octanol–water partition coefficient (Wildman–Crippen LogP) is 2.12. The number of aliphatic imine (C=N–C) groups is 1. The van der Waals surface area contributed by atoms with E-state index in [9.17, 15) is 0 Å². The third-order valence-corrected chi connectivity index (χ3v) is 4.53. The Hall–Kier alpha value is -0.730. The molecule has 90 valence electrons. The molecule has 1 aliphatic heterocycles. The van der Waals surface area contributed by atoms with E-state index < -0.39 is 0 Å². The zero-order chi connectivity index (χ0) is 11.2. The minimum atomic E-state index is 0.236. The molecule has 16 heavy (non-hydrogen) atoms. The molecule has 0 amide bonds. The van der Waals surface area contributed by atoms with Gasteiger partial charge in [-0.05, 0) is 32.1 Å². The van der Waals surface area contributed by atoms with Crippen molar-refractivity contribution in [2.24, 2.45) is 16.6 Å². The van der Waals surface area contributed by atoms with Gasteiger partial charge in [0.2, 0.25) is 0 Å². The van der Waals surface area contributed by atoms with Crippen molar-refractivity contribution < 1.29 is 0 Å². The van der Waals surface area contributed by atoms with Crippen molar-refractivity contribution in [3.63, 3.8) is 0 Å². The first kappa shape index (κ1) is 10.4. The Bertz CT molecular complexity index is 302. The molecule has 0 aromatic heterocycles. The average molecular weight is 221 g/mol. The van der Waals surface area contributed by atoms with Crippen molar-refractivity contribution in [1.29, 1.82) is 0 Å². The molecule has 2 saturated carbocycles. The minimum absolute atomic E-state index is 0.236. The van der Waals surface area contributed by atoms with Crippen LogP contribution in [0.1, 0.15) is 51.9 Å². The molecule has 3 heteroatoms. The summed E-state index contributed by atoms with van der Waals surface area (Å²) in [5.74, 6) is 1.77. The Morgan fingerprint density at radius 3 is 2.62 bits per heavy atom. The topological polar surface area (TPSA) is 41.6 Å². The molecule has 0 saturated heterocycles. The molecule has 2 fully saturated rings. The average Bonchev–Trinajstić information content (AvgIpc) is 2.77. The highest BCUT2D eigenvalue weighted by Gasteiger charge is 2.45. The van der Waals surface area contributed by atoms with E-state index in [0.717, 1.165) is 18.4 Å². The largest absolute Gasteiger partial charge is 0.370 e. The van der Waals surface area contributed by atoms with Crippen LogP contribution in [0.25, 0.3) is 0 Å².